The van der Waals surface area contributed by atoms with Crippen molar-refractivity contribution >= 4 is 16.9 Å². The van der Waals surface area contributed by atoms with Crippen molar-refractivity contribution in [3.8, 4) is 5.88 Å². The van der Waals surface area contributed by atoms with E-state index in [9.17, 15) is 14.4 Å². The number of aryl methyl sites for hydroxylation is 1. The maximum atomic E-state index is 12.6. The zero-order valence-corrected chi connectivity index (χ0v) is 17.5. The molecule has 0 fully saturated rings. The molecule has 0 atom stereocenters. The molecule has 0 spiro atoms. The number of rotatable bonds is 7. The Labute approximate surface area is 183 Å². The molecule has 8 heteroatoms. The second-order valence-electron chi connectivity index (χ2n) is 7.19. The molecule has 8 nitrogen and oxygen atoms in total. The molecule has 2 N–H and O–H groups in total. The van der Waals surface area contributed by atoms with Gasteiger partial charge in [0.2, 0.25) is 5.88 Å². The topological polar surface area (TPSA) is 106 Å². The Morgan fingerprint density at radius 2 is 1.88 bits per heavy atom. The van der Waals surface area contributed by atoms with Crippen molar-refractivity contribution in [3.63, 3.8) is 0 Å². The summed E-state index contributed by atoms with van der Waals surface area (Å²) in [7, 11) is 0. The number of ether oxygens (including phenoxy) is 1. The van der Waals surface area contributed by atoms with Gasteiger partial charge in [-0.1, -0.05) is 30.3 Å². The molecular weight excluding hydrogens is 408 g/mol. The Hall–Kier alpha value is -4.20. The third-order valence-electron chi connectivity index (χ3n) is 5.04. The number of nitrogens with zero attached hydrogens (tertiary/aromatic N) is 2. The number of fused-ring (bicyclic) bond motifs is 1. The van der Waals surface area contributed by atoms with Crippen molar-refractivity contribution < 1.29 is 9.53 Å². The molecule has 2 heterocycles. The fourth-order valence-corrected chi connectivity index (χ4v) is 3.39. The predicted octanol–water partition coefficient (Wildman–Crippen LogP) is 2.61. The standard InChI is InChI=1S/C24H22N4O4/c1-2-28-20-9-8-18(13-19(20)27-23(30)24(28)31)22(29)26-14-17-10-11-25-21(12-17)32-15-16-6-4-3-5-7-16/h3-13H,2,14-15H2,1H3,(H,26,29)(H,27,30). The number of carbonyl (C=O) groups is 1. The molecule has 1 amide bonds. The van der Waals surface area contributed by atoms with Crippen LogP contribution in [0.15, 0.2) is 76.4 Å². The Balaban J connectivity index is 1.44. The number of aromatic amines is 1. The summed E-state index contributed by atoms with van der Waals surface area (Å²) in [5.74, 6) is 0.173. The van der Waals surface area contributed by atoms with Gasteiger partial charge in [0.05, 0.1) is 11.0 Å². The second kappa shape index (κ2) is 9.30. The van der Waals surface area contributed by atoms with E-state index in [-0.39, 0.29) is 12.5 Å². The van der Waals surface area contributed by atoms with Crippen LogP contribution in [0.2, 0.25) is 0 Å². The fraction of sp³-hybridized carbons (Fsp3) is 0.167. The first-order chi connectivity index (χ1) is 15.5. The van der Waals surface area contributed by atoms with E-state index in [1.54, 1.807) is 43.5 Å². The number of benzene rings is 2. The lowest BCUT2D eigenvalue weighted by Crippen LogP contribution is -2.36. The zero-order chi connectivity index (χ0) is 22.5. The van der Waals surface area contributed by atoms with Crippen LogP contribution in [0.5, 0.6) is 5.88 Å². The summed E-state index contributed by atoms with van der Waals surface area (Å²) in [5.41, 5.74) is 1.94. The number of carbonyl (C=O) groups excluding carboxylic acids is 1. The van der Waals surface area contributed by atoms with Crippen molar-refractivity contribution in [2.75, 3.05) is 0 Å². The van der Waals surface area contributed by atoms with Gasteiger partial charge in [-0.2, -0.15) is 0 Å². The van der Waals surface area contributed by atoms with Gasteiger partial charge in [-0.15, -0.1) is 0 Å². The molecule has 0 saturated carbocycles. The molecule has 4 aromatic rings. The van der Waals surface area contributed by atoms with E-state index in [1.165, 1.54) is 4.57 Å². The largest absolute Gasteiger partial charge is 0.473 e. The Bertz CT molecular complexity index is 1380. The van der Waals surface area contributed by atoms with E-state index in [0.717, 1.165) is 11.1 Å². The van der Waals surface area contributed by atoms with Gasteiger partial charge in [-0.3, -0.25) is 14.4 Å². The minimum Gasteiger partial charge on any atom is -0.473 e. The van der Waals surface area contributed by atoms with Crippen LogP contribution in [0, 0.1) is 0 Å². The van der Waals surface area contributed by atoms with Gasteiger partial charge in [-0.25, -0.2) is 4.98 Å². The second-order valence-corrected chi connectivity index (χ2v) is 7.19. The molecule has 0 aliphatic carbocycles. The average Bonchev–Trinajstić information content (AvgIpc) is 2.83. The van der Waals surface area contributed by atoms with E-state index < -0.39 is 11.1 Å². The van der Waals surface area contributed by atoms with Gasteiger partial charge < -0.3 is 19.6 Å². The molecule has 0 saturated heterocycles. The number of amides is 1. The van der Waals surface area contributed by atoms with Crippen molar-refractivity contribution in [1.82, 2.24) is 19.9 Å². The van der Waals surface area contributed by atoms with Crippen LogP contribution in [-0.2, 0) is 19.7 Å². The summed E-state index contributed by atoms with van der Waals surface area (Å²) in [6, 6.07) is 18.2. The number of H-pyrrole nitrogens is 1. The van der Waals surface area contributed by atoms with Crippen molar-refractivity contribution in [2.24, 2.45) is 0 Å². The normalized spacial score (nSPS) is 10.8. The van der Waals surface area contributed by atoms with Crippen molar-refractivity contribution in [1.29, 1.82) is 0 Å². The van der Waals surface area contributed by atoms with E-state index in [2.05, 4.69) is 15.3 Å². The molecule has 0 aliphatic rings. The molecule has 0 bridgehead atoms. The van der Waals surface area contributed by atoms with Gasteiger partial charge in [0.25, 0.3) is 5.91 Å². The summed E-state index contributed by atoms with van der Waals surface area (Å²) >= 11 is 0. The quantitative estimate of drug-likeness (QED) is 0.439. The maximum Gasteiger partial charge on any atom is 0.316 e. The molecule has 4 rings (SSSR count). The summed E-state index contributed by atoms with van der Waals surface area (Å²) in [4.78, 5) is 43.2. The van der Waals surface area contributed by atoms with E-state index in [4.69, 9.17) is 4.74 Å². The highest BCUT2D eigenvalue weighted by atomic mass is 16.5. The Morgan fingerprint density at radius 3 is 2.66 bits per heavy atom. The lowest BCUT2D eigenvalue weighted by molar-refractivity contribution is 0.0951. The lowest BCUT2D eigenvalue weighted by Gasteiger charge is -2.10. The average molecular weight is 430 g/mol. The van der Waals surface area contributed by atoms with Crippen LogP contribution >= 0.6 is 0 Å². The molecule has 0 radical (unpaired) electrons. The molecule has 2 aromatic carbocycles. The summed E-state index contributed by atoms with van der Waals surface area (Å²) in [5, 5.41) is 2.85. The number of hydrogen-bond donors (Lipinski definition) is 2. The molecule has 32 heavy (non-hydrogen) atoms. The van der Waals surface area contributed by atoms with Crippen molar-refractivity contribution in [2.45, 2.75) is 26.6 Å². The van der Waals surface area contributed by atoms with Gasteiger partial charge in [0.1, 0.15) is 6.61 Å². The number of pyridine rings is 1. The first-order valence-corrected chi connectivity index (χ1v) is 10.2. The smallest absolute Gasteiger partial charge is 0.316 e. The molecule has 0 unspecified atom stereocenters. The molecular formula is C24H22N4O4. The molecule has 2 aromatic heterocycles. The Morgan fingerprint density at radius 1 is 1.06 bits per heavy atom. The third kappa shape index (κ3) is 4.59. The van der Waals surface area contributed by atoms with Gasteiger partial charge in [0, 0.05) is 30.9 Å². The molecule has 0 aliphatic heterocycles. The van der Waals surface area contributed by atoms with Gasteiger partial charge >= 0.3 is 11.1 Å². The third-order valence-corrected chi connectivity index (χ3v) is 5.04. The zero-order valence-electron chi connectivity index (χ0n) is 17.5. The van der Waals surface area contributed by atoms with Crippen molar-refractivity contribution in [3.05, 3.63) is 104 Å². The lowest BCUT2D eigenvalue weighted by atomic mass is 10.1. The van der Waals surface area contributed by atoms with Crippen LogP contribution < -0.4 is 21.2 Å². The summed E-state index contributed by atoms with van der Waals surface area (Å²) in [6.07, 6.45) is 1.63. The minimum absolute atomic E-state index is 0.284. The highest BCUT2D eigenvalue weighted by Gasteiger charge is 2.11. The minimum atomic E-state index is -0.711. The SMILES string of the molecule is CCn1c(=O)c(=O)[nH]c2cc(C(=O)NCc3ccnc(OCc4ccccc4)c3)ccc21. The first kappa shape index (κ1) is 21.0. The van der Waals surface area contributed by atoms with Crippen LogP contribution in [0.25, 0.3) is 11.0 Å². The number of nitrogens with one attached hydrogen (secondary N) is 2. The van der Waals surface area contributed by atoms with E-state index >= 15 is 0 Å². The van der Waals surface area contributed by atoms with Crippen LogP contribution in [0.1, 0.15) is 28.4 Å². The number of hydrogen-bond acceptors (Lipinski definition) is 5. The van der Waals surface area contributed by atoms with Crippen LogP contribution in [-0.4, -0.2) is 20.4 Å². The molecule has 162 valence electrons. The fourth-order valence-electron chi connectivity index (χ4n) is 3.39. The van der Waals surface area contributed by atoms with Gasteiger partial charge in [0.15, 0.2) is 0 Å². The predicted molar refractivity (Wildman–Crippen MR) is 121 cm³/mol. The monoisotopic (exact) mass is 430 g/mol. The summed E-state index contributed by atoms with van der Waals surface area (Å²) in [6.45, 7) is 2.84. The van der Waals surface area contributed by atoms with E-state index in [0.29, 0.717) is 35.6 Å². The first-order valence-electron chi connectivity index (χ1n) is 10.2. The number of aromatic nitrogens is 3. The highest BCUT2D eigenvalue weighted by Crippen LogP contribution is 2.14. The van der Waals surface area contributed by atoms with Gasteiger partial charge in [-0.05, 0) is 42.3 Å². The maximum absolute atomic E-state index is 12.6. The Kier molecular flexibility index (Phi) is 6.12. The highest BCUT2D eigenvalue weighted by molar-refractivity contribution is 5.97. The van der Waals surface area contributed by atoms with E-state index in [1.807, 2.05) is 30.3 Å². The van der Waals surface area contributed by atoms with Crippen LogP contribution in [0.3, 0.4) is 0 Å². The van der Waals surface area contributed by atoms with Crippen LogP contribution in [0.4, 0.5) is 0 Å². The summed E-state index contributed by atoms with van der Waals surface area (Å²) < 4.78 is 7.11.